The second kappa shape index (κ2) is 4.69. The van der Waals surface area contributed by atoms with E-state index < -0.39 is 0 Å². The molecule has 1 aliphatic heterocycles. The Bertz CT molecular complexity index is 805. The maximum atomic E-state index is 2.57. The summed E-state index contributed by atoms with van der Waals surface area (Å²) >= 11 is 0. The lowest BCUT2D eigenvalue weighted by atomic mass is 9.39. The fourth-order valence-corrected chi connectivity index (χ4v) is 7.63. The van der Waals surface area contributed by atoms with Gasteiger partial charge in [-0.3, -0.25) is 0 Å². The number of fused-ring (bicyclic) bond motifs is 2. The summed E-state index contributed by atoms with van der Waals surface area (Å²) in [4.78, 5) is 2.44. The third kappa shape index (κ3) is 1.57. The lowest BCUT2D eigenvalue weighted by Crippen LogP contribution is -2.60. The lowest BCUT2D eigenvalue weighted by Gasteiger charge is -2.66. The average Bonchev–Trinajstić information content (AvgIpc) is 2.65. The van der Waals surface area contributed by atoms with Crippen molar-refractivity contribution in [3.8, 4) is 0 Å². The largest absolute Gasteiger partial charge is 0.344 e. The van der Waals surface area contributed by atoms with Crippen LogP contribution in [-0.4, -0.2) is 7.05 Å². The molecule has 4 unspecified atom stereocenters. The average molecular weight is 329 g/mol. The Kier molecular flexibility index (Phi) is 2.71. The van der Waals surface area contributed by atoms with Gasteiger partial charge in [0.15, 0.2) is 0 Å². The number of benzene rings is 2. The molecule has 4 fully saturated rings. The smallest absolute Gasteiger partial charge is 0.0450 e. The molecule has 4 aliphatic carbocycles. The molecule has 1 heterocycles. The Hall–Kier alpha value is -1.76. The van der Waals surface area contributed by atoms with Crippen LogP contribution in [0.3, 0.4) is 0 Å². The fraction of sp³-hybridized carbons (Fsp3) is 0.500. The standard InChI is InChI=1S/C24H27N/c1-15-17-11-16-12-18(14-17)24(21(15)13-16)19-7-3-5-9-22(19)25(2)23-10-6-4-8-20(23)24/h3-10,15-18,21H,11-14H2,1-2H3/t15-,16?,17?,18?,21?/m0/s1. The van der Waals surface area contributed by atoms with E-state index in [4.69, 9.17) is 0 Å². The molecule has 5 atom stereocenters. The van der Waals surface area contributed by atoms with Crippen LogP contribution in [0.25, 0.3) is 0 Å². The highest BCUT2D eigenvalue weighted by atomic mass is 15.1. The van der Waals surface area contributed by atoms with Crippen molar-refractivity contribution in [1.29, 1.82) is 0 Å². The van der Waals surface area contributed by atoms with Crippen LogP contribution in [0, 0.1) is 29.6 Å². The van der Waals surface area contributed by atoms with E-state index in [0.717, 1.165) is 29.6 Å². The Morgan fingerprint density at radius 2 is 1.48 bits per heavy atom. The van der Waals surface area contributed by atoms with E-state index in [9.17, 15) is 0 Å². The predicted octanol–water partition coefficient (Wildman–Crippen LogP) is 5.76. The molecular formula is C24H27N. The van der Waals surface area contributed by atoms with E-state index in [0.29, 0.717) is 0 Å². The molecule has 2 aromatic rings. The van der Waals surface area contributed by atoms with E-state index in [1.165, 1.54) is 37.1 Å². The summed E-state index contributed by atoms with van der Waals surface area (Å²) in [5.74, 6) is 4.49. The van der Waals surface area contributed by atoms with E-state index in [1.807, 2.05) is 0 Å². The van der Waals surface area contributed by atoms with Gasteiger partial charge in [-0.25, -0.2) is 0 Å². The van der Waals surface area contributed by atoms with Gasteiger partial charge in [-0.1, -0.05) is 43.3 Å². The molecule has 0 saturated heterocycles. The zero-order valence-corrected chi connectivity index (χ0v) is 15.3. The number of hydrogen-bond acceptors (Lipinski definition) is 1. The van der Waals surface area contributed by atoms with Gasteiger partial charge in [-0.2, -0.15) is 0 Å². The minimum Gasteiger partial charge on any atom is -0.344 e. The third-order valence-corrected chi connectivity index (χ3v) is 8.46. The van der Waals surface area contributed by atoms with Gasteiger partial charge >= 0.3 is 0 Å². The second-order valence-electron chi connectivity index (χ2n) is 9.19. The van der Waals surface area contributed by atoms with Crippen LogP contribution in [0.1, 0.15) is 43.7 Å². The molecule has 4 bridgehead atoms. The summed E-state index contributed by atoms with van der Waals surface area (Å²) < 4.78 is 0. The first kappa shape index (κ1) is 14.4. The van der Waals surface area contributed by atoms with Crippen LogP contribution in [0.4, 0.5) is 11.4 Å². The molecule has 1 nitrogen and oxygen atoms in total. The van der Waals surface area contributed by atoms with Crippen molar-refractivity contribution in [3.63, 3.8) is 0 Å². The monoisotopic (exact) mass is 329 g/mol. The van der Waals surface area contributed by atoms with Crippen LogP contribution in [0.2, 0.25) is 0 Å². The van der Waals surface area contributed by atoms with Crippen molar-refractivity contribution in [2.24, 2.45) is 29.6 Å². The van der Waals surface area contributed by atoms with Gasteiger partial charge in [-0.05, 0) is 78.5 Å². The van der Waals surface area contributed by atoms with E-state index in [-0.39, 0.29) is 5.41 Å². The quantitative estimate of drug-likeness (QED) is 0.594. The van der Waals surface area contributed by atoms with Crippen LogP contribution in [-0.2, 0) is 5.41 Å². The molecule has 0 amide bonds. The molecule has 0 aromatic heterocycles. The third-order valence-electron chi connectivity index (χ3n) is 8.46. The summed E-state index contributed by atoms with van der Waals surface area (Å²) in [6, 6.07) is 18.6. The van der Waals surface area contributed by atoms with Crippen LogP contribution in [0.15, 0.2) is 48.5 Å². The Morgan fingerprint density at radius 3 is 2.16 bits per heavy atom. The molecule has 128 valence electrons. The topological polar surface area (TPSA) is 3.24 Å². The Balaban J connectivity index is 1.70. The molecule has 0 radical (unpaired) electrons. The summed E-state index contributed by atoms with van der Waals surface area (Å²) in [6.07, 6.45) is 5.85. The maximum absolute atomic E-state index is 2.57. The molecule has 0 N–H and O–H groups in total. The Labute approximate surface area is 151 Å². The first-order valence-corrected chi connectivity index (χ1v) is 10.1. The van der Waals surface area contributed by atoms with Crippen LogP contribution < -0.4 is 4.90 Å². The zero-order valence-electron chi connectivity index (χ0n) is 15.3. The second-order valence-corrected chi connectivity index (χ2v) is 9.19. The number of hydrogen-bond donors (Lipinski definition) is 0. The van der Waals surface area contributed by atoms with E-state index >= 15 is 0 Å². The Morgan fingerprint density at radius 1 is 0.840 bits per heavy atom. The van der Waals surface area contributed by atoms with Crippen LogP contribution in [0.5, 0.6) is 0 Å². The first-order valence-electron chi connectivity index (χ1n) is 10.1. The highest BCUT2D eigenvalue weighted by Crippen LogP contribution is 2.70. The molecule has 4 saturated carbocycles. The molecule has 2 aromatic carbocycles. The maximum Gasteiger partial charge on any atom is 0.0450 e. The molecule has 7 rings (SSSR count). The summed E-state index contributed by atoms with van der Waals surface area (Å²) in [7, 11) is 2.25. The van der Waals surface area contributed by atoms with Gasteiger partial charge in [0.05, 0.1) is 0 Å². The molecule has 25 heavy (non-hydrogen) atoms. The van der Waals surface area contributed by atoms with Crippen molar-refractivity contribution in [2.45, 2.75) is 38.0 Å². The van der Waals surface area contributed by atoms with Crippen molar-refractivity contribution >= 4 is 11.4 Å². The molecule has 1 spiro atoms. The number of nitrogens with zero attached hydrogens (tertiary/aromatic N) is 1. The number of rotatable bonds is 0. The van der Waals surface area contributed by atoms with Gasteiger partial charge in [0, 0.05) is 23.8 Å². The number of para-hydroxylation sites is 2. The normalized spacial score (nSPS) is 36.4. The summed E-state index contributed by atoms with van der Waals surface area (Å²) in [6.45, 7) is 2.57. The van der Waals surface area contributed by atoms with Gasteiger partial charge in [0.25, 0.3) is 0 Å². The SMILES string of the molecule is C[C@H]1C2CC3CC(C2)C2(c4ccccc4N(C)c4ccccc42)C1C3. The van der Waals surface area contributed by atoms with Crippen molar-refractivity contribution in [3.05, 3.63) is 59.7 Å². The van der Waals surface area contributed by atoms with Gasteiger partial charge in [0.1, 0.15) is 0 Å². The summed E-state index contributed by atoms with van der Waals surface area (Å²) in [5.41, 5.74) is 6.39. The summed E-state index contributed by atoms with van der Waals surface area (Å²) in [5, 5.41) is 0. The predicted molar refractivity (Wildman–Crippen MR) is 103 cm³/mol. The number of anilines is 2. The molecular weight excluding hydrogens is 302 g/mol. The van der Waals surface area contributed by atoms with Gasteiger partial charge in [-0.15, -0.1) is 0 Å². The highest BCUT2D eigenvalue weighted by Gasteiger charge is 2.63. The fourth-order valence-electron chi connectivity index (χ4n) is 7.63. The first-order chi connectivity index (χ1) is 12.2. The minimum absolute atomic E-state index is 0.256. The van der Waals surface area contributed by atoms with Crippen molar-refractivity contribution in [1.82, 2.24) is 0 Å². The van der Waals surface area contributed by atoms with E-state index in [2.05, 4.69) is 67.4 Å². The lowest BCUT2D eigenvalue weighted by molar-refractivity contribution is -0.0834. The van der Waals surface area contributed by atoms with Crippen molar-refractivity contribution < 1.29 is 0 Å². The molecule has 5 aliphatic rings. The van der Waals surface area contributed by atoms with E-state index in [1.54, 1.807) is 11.1 Å². The van der Waals surface area contributed by atoms with Gasteiger partial charge < -0.3 is 4.90 Å². The van der Waals surface area contributed by atoms with Gasteiger partial charge in [0.2, 0.25) is 0 Å². The zero-order chi connectivity index (χ0) is 16.8. The van der Waals surface area contributed by atoms with Crippen molar-refractivity contribution in [2.75, 3.05) is 11.9 Å². The minimum atomic E-state index is 0.256. The highest BCUT2D eigenvalue weighted by molar-refractivity contribution is 5.78. The molecule has 1 heteroatoms. The van der Waals surface area contributed by atoms with Crippen LogP contribution >= 0.6 is 0 Å².